The van der Waals surface area contributed by atoms with Crippen LogP contribution in [0.5, 0.6) is 5.75 Å². The van der Waals surface area contributed by atoms with Crippen molar-refractivity contribution in [3.05, 3.63) is 41.7 Å². The predicted octanol–water partition coefficient (Wildman–Crippen LogP) is 2.35. The third-order valence-electron chi connectivity index (χ3n) is 2.50. The maximum Gasteiger partial charge on any atom is 0.142 e. The Labute approximate surface area is 103 Å². The smallest absolute Gasteiger partial charge is 0.142 e. The van der Waals surface area contributed by atoms with Crippen molar-refractivity contribution < 1.29 is 9.13 Å². The van der Waals surface area contributed by atoms with Gasteiger partial charge in [0.05, 0.1) is 23.9 Å². The summed E-state index contributed by atoms with van der Waals surface area (Å²) in [6.07, 6.45) is 0. The molecule has 1 aromatic carbocycles. The number of nitrogens with two attached hydrogens (primary N) is 1. The number of anilines is 1. The lowest BCUT2D eigenvalue weighted by Crippen LogP contribution is -1.99. The van der Waals surface area contributed by atoms with Crippen molar-refractivity contribution in [1.29, 1.82) is 5.26 Å². The number of benzene rings is 1. The van der Waals surface area contributed by atoms with Crippen LogP contribution in [0.25, 0.3) is 11.3 Å². The molecular weight excluding hydrogens is 233 g/mol. The zero-order valence-corrected chi connectivity index (χ0v) is 9.64. The van der Waals surface area contributed by atoms with E-state index in [0.29, 0.717) is 11.4 Å². The van der Waals surface area contributed by atoms with E-state index in [1.54, 1.807) is 12.1 Å². The molecule has 18 heavy (non-hydrogen) atoms. The van der Waals surface area contributed by atoms with E-state index in [0.717, 1.165) is 0 Å². The highest BCUT2D eigenvalue weighted by Gasteiger charge is 2.14. The van der Waals surface area contributed by atoms with Crippen LogP contribution in [0.4, 0.5) is 10.2 Å². The van der Waals surface area contributed by atoms with E-state index in [1.165, 1.54) is 25.3 Å². The van der Waals surface area contributed by atoms with E-state index >= 15 is 0 Å². The molecule has 0 saturated heterocycles. The van der Waals surface area contributed by atoms with Crippen LogP contribution in [0.1, 0.15) is 5.56 Å². The average molecular weight is 243 g/mol. The normalized spacial score (nSPS) is 9.83. The maximum atomic E-state index is 13.8. The Bertz CT molecular complexity index is 635. The number of rotatable bonds is 2. The van der Waals surface area contributed by atoms with Gasteiger partial charge in [0.25, 0.3) is 0 Å². The quantitative estimate of drug-likeness (QED) is 0.878. The summed E-state index contributed by atoms with van der Waals surface area (Å²) in [5.74, 6) is -0.0159. The van der Waals surface area contributed by atoms with Crippen LogP contribution in [0.2, 0.25) is 0 Å². The second kappa shape index (κ2) is 4.72. The van der Waals surface area contributed by atoms with Gasteiger partial charge in [-0.2, -0.15) is 5.26 Å². The standard InChI is InChI=1S/C13H10FN3O/c1-18-11-4-2-3-9(14)12(11)10-6-5-8(7-15)13(16)17-10/h2-6H,1H3,(H2,16,17). The highest BCUT2D eigenvalue weighted by atomic mass is 19.1. The van der Waals surface area contributed by atoms with Crippen LogP contribution in [-0.4, -0.2) is 12.1 Å². The van der Waals surface area contributed by atoms with E-state index < -0.39 is 5.82 Å². The molecule has 0 radical (unpaired) electrons. The number of hydrogen-bond donors (Lipinski definition) is 1. The summed E-state index contributed by atoms with van der Waals surface area (Å²) in [4.78, 5) is 4.02. The van der Waals surface area contributed by atoms with E-state index in [-0.39, 0.29) is 16.9 Å². The number of pyridine rings is 1. The number of halogens is 1. The zero-order chi connectivity index (χ0) is 13.1. The lowest BCUT2D eigenvalue weighted by molar-refractivity contribution is 0.413. The average Bonchev–Trinajstić information content (AvgIpc) is 2.38. The molecule has 0 unspecified atom stereocenters. The van der Waals surface area contributed by atoms with Crippen LogP contribution in [-0.2, 0) is 0 Å². The van der Waals surface area contributed by atoms with Gasteiger partial charge in [0.1, 0.15) is 23.5 Å². The Morgan fingerprint density at radius 3 is 2.72 bits per heavy atom. The zero-order valence-electron chi connectivity index (χ0n) is 9.64. The minimum absolute atomic E-state index is 0.0697. The molecule has 0 aliphatic heterocycles. The molecule has 5 heteroatoms. The molecule has 0 saturated carbocycles. The molecule has 0 amide bonds. The largest absolute Gasteiger partial charge is 0.496 e. The molecule has 0 aliphatic rings. The van der Waals surface area contributed by atoms with Crippen LogP contribution in [0.15, 0.2) is 30.3 Å². The third kappa shape index (κ3) is 1.96. The van der Waals surface area contributed by atoms with Gasteiger partial charge in [-0.05, 0) is 24.3 Å². The summed E-state index contributed by atoms with van der Waals surface area (Å²) < 4.78 is 18.9. The molecule has 1 aromatic heterocycles. The van der Waals surface area contributed by atoms with Crippen molar-refractivity contribution in [1.82, 2.24) is 4.98 Å². The molecule has 90 valence electrons. The van der Waals surface area contributed by atoms with E-state index in [1.807, 2.05) is 6.07 Å². The van der Waals surface area contributed by atoms with Gasteiger partial charge < -0.3 is 10.5 Å². The molecule has 0 aliphatic carbocycles. The van der Waals surface area contributed by atoms with Crippen LogP contribution < -0.4 is 10.5 Å². The summed E-state index contributed by atoms with van der Waals surface area (Å²) >= 11 is 0. The summed E-state index contributed by atoms with van der Waals surface area (Å²) in [6, 6.07) is 9.44. The topological polar surface area (TPSA) is 71.9 Å². The van der Waals surface area contributed by atoms with Crippen molar-refractivity contribution in [2.24, 2.45) is 0 Å². The number of aromatic nitrogens is 1. The lowest BCUT2D eigenvalue weighted by atomic mass is 10.1. The minimum Gasteiger partial charge on any atom is -0.496 e. The second-order valence-electron chi connectivity index (χ2n) is 3.56. The first-order chi connectivity index (χ1) is 8.67. The molecule has 1 heterocycles. The monoisotopic (exact) mass is 243 g/mol. The molecule has 0 atom stereocenters. The van der Waals surface area contributed by atoms with Crippen molar-refractivity contribution in [3.63, 3.8) is 0 Å². The number of nitriles is 1. The Morgan fingerprint density at radius 1 is 1.33 bits per heavy atom. The first-order valence-electron chi connectivity index (χ1n) is 5.17. The fourth-order valence-corrected chi connectivity index (χ4v) is 1.63. The summed E-state index contributed by atoms with van der Waals surface area (Å²) in [5.41, 5.74) is 6.44. The highest BCUT2D eigenvalue weighted by Crippen LogP contribution is 2.31. The Balaban J connectivity index is 2.63. The van der Waals surface area contributed by atoms with Crippen LogP contribution >= 0.6 is 0 Å². The first kappa shape index (κ1) is 11.9. The Morgan fingerprint density at radius 2 is 2.11 bits per heavy atom. The van der Waals surface area contributed by atoms with Gasteiger partial charge in [-0.1, -0.05) is 6.07 Å². The number of nitrogen functional groups attached to an aromatic ring is 1. The fourth-order valence-electron chi connectivity index (χ4n) is 1.63. The van der Waals surface area contributed by atoms with Gasteiger partial charge in [0, 0.05) is 0 Å². The minimum atomic E-state index is -0.453. The fraction of sp³-hybridized carbons (Fsp3) is 0.0769. The summed E-state index contributed by atoms with van der Waals surface area (Å²) in [6.45, 7) is 0. The molecule has 2 aromatic rings. The molecule has 0 bridgehead atoms. The van der Waals surface area contributed by atoms with E-state index in [4.69, 9.17) is 15.7 Å². The van der Waals surface area contributed by atoms with Crippen molar-refractivity contribution in [2.75, 3.05) is 12.8 Å². The summed E-state index contributed by atoms with van der Waals surface area (Å²) in [5, 5.41) is 8.77. The molecule has 0 spiro atoms. The molecular formula is C13H10FN3O. The van der Waals surface area contributed by atoms with Gasteiger partial charge in [-0.25, -0.2) is 9.37 Å². The summed E-state index contributed by atoms with van der Waals surface area (Å²) in [7, 11) is 1.45. The van der Waals surface area contributed by atoms with Gasteiger partial charge in [-0.3, -0.25) is 0 Å². The van der Waals surface area contributed by atoms with Gasteiger partial charge in [-0.15, -0.1) is 0 Å². The Kier molecular flexibility index (Phi) is 3.11. The first-order valence-corrected chi connectivity index (χ1v) is 5.17. The molecule has 2 N–H and O–H groups in total. The number of ether oxygens (including phenoxy) is 1. The highest BCUT2D eigenvalue weighted by molar-refractivity contribution is 5.70. The maximum absolute atomic E-state index is 13.8. The van der Waals surface area contributed by atoms with Crippen molar-refractivity contribution in [3.8, 4) is 23.1 Å². The van der Waals surface area contributed by atoms with E-state index in [2.05, 4.69) is 4.98 Å². The number of hydrogen-bond acceptors (Lipinski definition) is 4. The van der Waals surface area contributed by atoms with E-state index in [9.17, 15) is 4.39 Å². The van der Waals surface area contributed by atoms with Gasteiger partial charge >= 0.3 is 0 Å². The van der Waals surface area contributed by atoms with Crippen molar-refractivity contribution >= 4 is 5.82 Å². The third-order valence-corrected chi connectivity index (χ3v) is 2.50. The Hall–Kier alpha value is -2.61. The SMILES string of the molecule is COc1cccc(F)c1-c1ccc(C#N)c(N)n1. The lowest BCUT2D eigenvalue weighted by Gasteiger charge is -2.09. The van der Waals surface area contributed by atoms with Crippen molar-refractivity contribution in [2.45, 2.75) is 0 Å². The second-order valence-corrected chi connectivity index (χ2v) is 3.56. The van der Waals surface area contributed by atoms with Crippen LogP contribution in [0.3, 0.4) is 0 Å². The molecule has 0 fully saturated rings. The number of methoxy groups -OCH3 is 1. The van der Waals surface area contributed by atoms with Gasteiger partial charge in [0.15, 0.2) is 0 Å². The molecule has 4 nitrogen and oxygen atoms in total. The van der Waals surface area contributed by atoms with Gasteiger partial charge in [0.2, 0.25) is 0 Å². The predicted molar refractivity (Wildman–Crippen MR) is 65.3 cm³/mol. The molecule has 2 rings (SSSR count). The number of nitrogens with zero attached hydrogens (tertiary/aromatic N) is 2. The van der Waals surface area contributed by atoms with Crippen LogP contribution in [0, 0.1) is 17.1 Å².